The highest BCUT2D eigenvalue weighted by Gasteiger charge is 1.99. The normalized spacial score (nSPS) is 9.73. The molecule has 60 valence electrons. The molecule has 0 aliphatic heterocycles. The highest BCUT2D eigenvalue weighted by Crippen LogP contribution is 2.13. The Kier molecular flexibility index (Phi) is 2.47. The number of hydrogen-bond acceptors (Lipinski definition) is 2. The molecule has 0 fully saturated rings. The molecule has 0 bridgehead atoms. The minimum atomic E-state index is 0.740. The van der Waals surface area contributed by atoms with Gasteiger partial charge in [0.05, 0.1) is 7.11 Å². The van der Waals surface area contributed by atoms with Crippen LogP contribution in [0.25, 0.3) is 0 Å². The minimum Gasteiger partial charge on any atom is -0.481 e. The molecule has 0 unspecified atom stereocenters. The number of ether oxygens (including phenoxy) is 1. The smallest absolute Gasteiger partial charge is 0.216 e. The Bertz CT molecular complexity index is 245. The van der Waals surface area contributed by atoms with Crippen LogP contribution >= 0.6 is 0 Å². The molecule has 0 aliphatic rings. The molecule has 1 aromatic heterocycles. The van der Waals surface area contributed by atoms with Gasteiger partial charge in [-0.15, -0.1) is 0 Å². The second kappa shape index (κ2) is 3.37. The van der Waals surface area contributed by atoms with Crippen LogP contribution < -0.4 is 4.74 Å². The number of pyridine rings is 1. The van der Waals surface area contributed by atoms with Crippen LogP contribution in [0.15, 0.2) is 12.1 Å². The van der Waals surface area contributed by atoms with Gasteiger partial charge in [-0.25, -0.2) is 4.98 Å². The van der Waals surface area contributed by atoms with Crippen molar-refractivity contribution in [3.05, 3.63) is 23.4 Å². The molecule has 11 heavy (non-hydrogen) atoms. The van der Waals surface area contributed by atoms with Crippen molar-refractivity contribution in [2.75, 3.05) is 7.11 Å². The van der Waals surface area contributed by atoms with Gasteiger partial charge in [0.2, 0.25) is 5.88 Å². The zero-order chi connectivity index (χ0) is 8.27. The average Bonchev–Trinajstić information content (AvgIpc) is 2.05. The van der Waals surface area contributed by atoms with Crippen molar-refractivity contribution in [3.8, 4) is 5.88 Å². The van der Waals surface area contributed by atoms with Crippen molar-refractivity contribution in [2.45, 2.75) is 20.3 Å². The second-order valence-electron chi connectivity index (χ2n) is 2.48. The van der Waals surface area contributed by atoms with Crippen LogP contribution in [0.2, 0.25) is 0 Å². The van der Waals surface area contributed by atoms with Gasteiger partial charge in [-0.3, -0.25) is 0 Å². The molecule has 0 saturated heterocycles. The summed E-state index contributed by atoms with van der Waals surface area (Å²) in [5.41, 5.74) is 2.16. The number of rotatable bonds is 2. The lowest BCUT2D eigenvalue weighted by atomic mass is 10.2. The quantitative estimate of drug-likeness (QED) is 0.644. The van der Waals surface area contributed by atoms with E-state index in [0.29, 0.717) is 0 Å². The third-order valence-corrected chi connectivity index (χ3v) is 1.66. The van der Waals surface area contributed by atoms with Gasteiger partial charge in [0, 0.05) is 11.3 Å². The Morgan fingerprint density at radius 3 is 2.73 bits per heavy atom. The van der Waals surface area contributed by atoms with Crippen molar-refractivity contribution in [1.82, 2.24) is 4.98 Å². The first-order valence-corrected chi connectivity index (χ1v) is 3.78. The topological polar surface area (TPSA) is 22.1 Å². The highest BCUT2D eigenvalue weighted by molar-refractivity contribution is 5.26. The number of methoxy groups -OCH3 is 1. The molecule has 2 nitrogen and oxygen atoms in total. The van der Waals surface area contributed by atoms with Gasteiger partial charge in [0.1, 0.15) is 0 Å². The summed E-state index contributed by atoms with van der Waals surface area (Å²) >= 11 is 0. The van der Waals surface area contributed by atoms with Crippen molar-refractivity contribution in [2.24, 2.45) is 0 Å². The molecular weight excluding hydrogens is 138 g/mol. The molecule has 1 aromatic rings. The molecule has 2 heteroatoms. The number of hydrogen-bond donors (Lipinski definition) is 0. The molecular formula is C9H13NO. The fourth-order valence-electron chi connectivity index (χ4n) is 0.952. The van der Waals surface area contributed by atoms with Crippen molar-refractivity contribution < 1.29 is 4.74 Å². The van der Waals surface area contributed by atoms with Crippen LogP contribution in [-0.2, 0) is 6.42 Å². The number of aryl methyl sites for hydroxylation is 2. The Labute approximate surface area is 67.2 Å². The fourth-order valence-corrected chi connectivity index (χ4v) is 0.952. The summed E-state index contributed by atoms with van der Waals surface area (Å²) in [6.45, 7) is 4.07. The molecule has 1 heterocycles. The lowest BCUT2D eigenvalue weighted by Gasteiger charge is -2.03. The van der Waals surface area contributed by atoms with Gasteiger partial charge in [0.15, 0.2) is 0 Å². The van der Waals surface area contributed by atoms with E-state index in [2.05, 4.69) is 11.9 Å². The van der Waals surface area contributed by atoms with E-state index in [0.717, 1.165) is 23.6 Å². The lowest BCUT2D eigenvalue weighted by Crippen LogP contribution is -1.94. The molecule has 0 spiro atoms. The summed E-state index contributed by atoms with van der Waals surface area (Å²) in [6, 6.07) is 4.06. The lowest BCUT2D eigenvalue weighted by molar-refractivity contribution is 0.393. The van der Waals surface area contributed by atoms with Crippen LogP contribution in [-0.4, -0.2) is 12.1 Å². The van der Waals surface area contributed by atoms with E-state index in [1.807, 2.05) is 19.1 Å². The summed E-state index contributed by atoms with van der Waals surface area (Å²) in [5.74, 6) is 0.740. The van der Waals surface area contributed by atoms with E-state index < -0.39 is 0 Å². The zero-order valence-electron chi connectivity index (χ0n) is 7.22. The maximum atomic E-state index is 5.08. The van der Waals surface area contributed by atoms with E-state index in [9.17, 15) is 0 Å². The zero-order valence-corrected chi connectivity index (χ0v) is 7.22. The van der Waals surface area contributed by atoms with E-state index in [4.69, 9.17) is 4.74 Å². The molecule has 0 aromatic carbocycles. The summed E-state index contributed by atoms with van der Waals surface area (Å²) in [7, 11) is 1.65. The molecule has 0 saturated carbocycles. The molecule has 0 radical (unpaired) electrons. The van der Waals surface area contributed by atoms with Gasteiger partial charge in [-0.05, 0) is 19.4 Å². The predicted octanol–water partition coefficient (Wildman–Crippen LogP) is 1.96. The van der Waals surface area contributed by atoms with E-state index >= 15 is 0 Å². The third-order valence-electron chi connectivity index (χ3n) is 1.66. The van der Waals surface area contributed by atoms with Crippen LogP contribution in [0.4, 0.5) is 0 Å². The van der Waals surface area contributed by atoms with Crippen molar-refractivity contribution in [3.63, 3.8) is 0 Å². The first-order chi connectivity index (χ1) is 5.27. The molecule has 0 aliphatic carbocycles. The largest absolute Gasteiger partial charge is 0.481 e. The Hall–Kier alpha value is -1.05. The van der Waals surface area contributed by atoms with Crippen LogP contribution in [0.3, 0.4) is 0 Å². The average molecular weight is 151 g/mol. The molecule has 0 atom stereocenters. The minimum absolute atomic E-state index is 0.740. The van der Waals surface area contributed by atoms with Crippen LogP contribution in [0.5, 0.6) is 5.88 Å². The highest BCUT2D eigenvalue weighted by atomic mass is 16.5. The fraction of sp³-hybridized carbons (Fsp3) is 0.444. The van der Waals surface area contributed by atoms with E-state index in [1.54, 1.807) is 7.11 Å². The van der Waals surface area contributed by atoms with Crippen molar-refractivity contribution >= 4 is 0 Å². The van der Waals surface area contributed by atoms with Crippen molar-refractivity contribution in [1.29, 1.82) is 0 Å². The number of aromatic nitrogens is 1. The monoisotopic (exact) mass is 151 g/mol. The Morgan fingerprint density at radius 2 is 2.18 bits per heavy atom. The summed E-state index contributed by atoms with van der Waals surface area (Å²) in [5, 5.41) is 0. The maximum absolute atomic E-state index is 5.08. The van der Waals surface area contributed by atoms with E-state index in [-0.39, 0.29) is 0 Å². The Morgan fingerprint density at radius 1 is 1.45 bits per heavy atom. The molecule has 1 rings (SSSR count). The summed E-state index contributed by atoms with van der Waals surface area (Å²) < 4.78 is 5.08. The van der Waals surface area contributed by atoms with Gasteiger partial charge >= 0.3 is 0 Å². The first-order valence-electron chi connectivity index (χ1n) is 3.78. The number of nitrogens with zero attached hydrogens (tertiary/aromatic N) is 1. The Balaban J connectivity index is 3.02. The first kappa shape index (κ1) is 8.05. The standard InChI is InChI=1S/C9H13NO/c1-4-8-6-5-7(2)9(10-8)11-3/h5-6H,4H2,1-3H3. The summed E-state index contributed by atoms with van der Waals surface area (Å²) in [6.07, 6.45) is 0.955. The van der Waals surface area contributed by atoms with Crippen LogP contribution in [0, 0.1) is 6.92 Å². The predicted molar refractivity (Wildman–Crippen MR) is 44.9 cm³/mol. The maximum Gasteiger partial charge on any atom is 0.216 e. The third kappa shape index (κ3) is 1.70. The SMILES string of the molecule is CCc1ccc(C)c(OC)n1. The van der Waals surface area contributed by atoms with Gasteiger partial charge in [-0.1, -0.05) is 13.0 Å². The molecule has 0 N–H and O–H groups in total. The second-order valence-corrected chi connectivity index (χ2v) is 2.48. The van der Waals surface area contributed by atoms with Crippen LogP contribution in [0.1, 0.15) is 18.2 Å². The van der Waals surface area contributed by atoms with Gasteiger partial charge in [-0.2, -0.15) is 0 Å². The summed E-state index contributed by atoms with van der Waals surface area (Å²) in [4.78, 5) is 4.29. The van der Waals surface area contributed by atoms with E-state index in [1.165, 1.54) is 0 Å². The molecule has 0 amide bonds. The van der Waals surface area contributed by atoms with Gasteiger partial charge < -0.3 is 4.74 Å². The van der Waals surface area contributed by atoms with Gasteiger partial charge in [0.25, 0.3) is 0 Å².